The van der Waals surface area contributed by atoms with Gasteiger partial charge < -0.3 is 10.2 Å². The van der Waals surface area contributed by atoms with E-state index in [2.05, 4.69) is 20.5 Å². The second kappa shape index (κ2) is 5.55. The molecule has 7 heteroatoms. The van der Waals surface area contributed by atoms with E-state index in [0.29, 0.717) is 5.82 Å². The van der Waals surface area contributed by atoms with E-state index in [1.54, 1.807) is 12.3 Å². The lowest BCUT2D eigenvalue weighted by Crippen LogP contribution is -2.35. The SMILES string of the molecule is O=C(Nc1ccc(N2CCCC2)cn1)C1CC(F)(F)CN1. The summed E-state index contributed by atoms with van der Waals surface area (Å²) < 4.78 is 26.1. The third kappa shape index (κ3) is 3.29. The van der Waals surface area contributed by atoms with E-state index >= 15 is 0 Å². The lowest BCUT2D eigenvalue weighted by atomic mass is 10.2. The molecule has 0 spiro atoms. The molecule has 3 rings (SSSR count). The summed E-state index contributed by atoms with van der Waals surface area (Å²) in [6, 6.07) is 2.74. The van der Waals surface area contributed by atoms with Crippen LogP contribution in [-0.4, -0.2) is 42.5 Å². The summed E-state index contributed by atoms with van der Waals surface area (Å²) >= 11 is 0. The molecule has 2 aliphatic heterocycles. The molecular weight excluding hydrogens is 278 g/mol. The fourth-order valence-electron chi connectivity index (χ4n) is 2.74. The van der Waals surface area contributed by atoms with E-state index in [1.807, 2.05) is 6.07 Å². The van der Waals surface area contributed by atoms with E-state index in [-0.39, 0.29) is 0 Å². The fraction of sp³-hybridized carbons (Fsp3) is 0.571. The average molecular weight is 296 g/mol. The van der Waals surface area contributed by atoms with Gasteiger partial charge in [-0.05, 0) is 25.0 Å². The van der Waals surface area contributed by atoms with E-state index in [0.717, 1.165) is 18.8 Å². The molecule has 0 radical (unpaired) electrons. The minimum absolute atomic E-state index is 0.389. The second-order valence-corrected chi connectivity index (χ2v) is 5.58. The molecule has 1 aromatic heterocycles. The summed E-state index contributed by atoms with van der Waals surface area (Å²) in [5, 5.41) is 5.10. The molecule has 5 nitrogen and oxygen atoms in total. The number of nitrogens with one attached hydrogen (secondary N) is 2. The number of hydrogen-bond donors (Lipinski definition) is 2. The van der Waals surface area contributed by atoms with Crippen LogP contribution in [0.4, 0.5) is 20.3 Å². The van der Waals surface area contributed by atoms with Crippen molar-refractivity contribution in [3.8, 4) is 0 Å². The Morgan fingerprint density at radius 1 is 1.38 bits per heavy atom. The summed E-state index contributed by atoms with van der Waals surface area (Å²) in [5.41, 5.74) is 1.02. The molecule has 1 aromatic rings. The van der Waals surface area contributed by atoms with E-state index in [9.17, 15) is 13.6 Å². The number of amides is 1. The number of aromatic nitrogens is 1. The van der Waals surface area contributed by atoms with Gasteiger partial charge in [0.05, 0.1) is 24.5 Å². The standard InChI is InChI=1S/C14H18F2N4O/c15-14(16)7-11(18-9-14)13(21)19-12-4-3-10(8-17-12)20-5-1-2-6-20/h3-4,8,11,18H,1-2,5-7,9H2,(H,17,19,21). The summed E-state index contributed by atoms with van der Waals surface area (Å²) in [5.74, 6) is -2.89. The van der Waals surface area contributed by atoms with Crippen molar-refractivity contribution in [3.63, 3.8) is 0 Å². The Labute approximate surface area is 121 Å². The van der Waals surface area contributed by atoms with Gasteiger partial charge in [-0.15, -0.1) is 0 Å². The monoisotopic (exact) mass is 296 g/mol. The number of alkyl halides is 2. The second-order valence-electron chi connectivity index (χ2n) is 5.58. The molecule has 114 valence electrons. The Morgan fingerprint density at radius 2 is 2.14 bits per heavy atom. The third-order valence-corrected chi connectivity index (χ3v) is 3.90. The molecule has 2 aliphatic rings. The van der Waals surface area contributed by atoms with Gasteiger partial charge in [-0.25, -0.2) is 13.8 Å². The largest absolute Gasteiger partial charge is 0.370 e. The lowest BCUT2D eigenvalue weighted by molar-refractivity contribution is -0.118. The van der Waals surface area contributed by atoms with Gasteiger partial charge in [0.25, 0.3) is 5.92 Å². The molecule has 0 bridgehead atoms. The van der Waals surface area contributed by atoms with Gasteiger partial charge in [0, 0.05) is 19.5 Å². The van der Waals surface area contributed by atoms with Crippen LogP contribution in [0.1, 0.15) is 19.3 Å². The summed E-state index contributed by atoms with van der Waals surface area (Å²) in [7, 11) is 0. The van der Waals surface area contributed by atoms with Crippen LogP contribution in [0.5, 0.6) is 0 Å². The summed E-state index contributed by atoms with van der Waals surface area (Å²) in [4.78, 5) is 18.3. The molecule has 2 fully saturated rings. The number of rotatable bonds is 3. The molecular formula is C14H18F2N4O. The van der Waals surface area contributed by atoms with Crippen LogP contribution in [0.2, 0.25) is 0 Å². The Hall–Kier alpha value is -1.76. The van der Waals surface area contributed by atoms with Gasteiger partial charge >= 0.3 is 0 Å². The van der Waals surface area contributed by atoms with Crippen molar-refractivity contribution in [2.24, 2.45) is 0 Å². The highest BCUT2D eigenvalue weighted by atomic mass is 19.3. The van der Waals surface area contributed by atoms with Crippen LogP contribution < -0.4 is 15.5 Å². The van der Waals surface area contributed by atoms with Crippen molar-refractivity contribution >= 4 is 17.4 Å². The van der Waals surface area contributed by atoms with E-state index in [4.69, 9.17) is 0 Å². The van der Waals surface area contributed by atoms with Crippen molar-refractivity contribution in [1.82, 2.24) is 10.3 Å². The molecule has 1 unspecified atom stereocenters. The normalized spacial score (nSPS) is 24.3. The first kappa shape index (κ1) is 14.2. The Morgan fingerprint density at radius 3 is 2.71 bits per heavy atom. The van der Waals surface area contributed by atoms with Crippen molar-refractivity contribution in [1.29, 1.82) is 0 Å². The number of carbonyl (C=O) groups is 1. The van der Waals surface area contributed by atoms with Crippen LogP contribution in [0.15, 0.2) is 18.3 Å². The van der Waals surface area contributed by atoms with Crippen LogP contribution in [0.3, 0.4) is 0 Å². The van der Waals surface area contributed by atoms with Crippen molar-refractivity contribution < 1.29 is 13.6 Å². The zero-order chi connectivity index (χ0) is 14.9. The Balaban J connectivity index is 1.59. The maximum atomic E-state index is 13.1. The number of nitrogens with zero attached hydrogens (tertiary/aromatic N) is 2. The van der Waals surface area contributed by atoms with Crippen LogP contribution in [0, 0.1) is 0 Å². The Kier molecular flexibility index (Phi) is 3.75. The minimum Gasteiger partial charge on any atom is -0.370 e. The molecule has 21 heavy (non-hydrogen) atoms. The highest BCUT2D eigenvalue weighted by Gasteiger charge is 2.42. The zero-order valence-electron chi connectivity index (χ0n) is 11.6. The fourth-order valence-corrected chi connectivity index (χ4v) is 2.74. The number of carbonyl (C=O) groups excluding carboxylic acids is 1. The van der Waals surface area contributed by atoms with E-state index in [1.165, 1.54) is 12.8 Å². The molecule has 1 amide bonds. The predicted octanol–water partition coefficient (Wildman–Crippen LogP) is 1.62. The molecule has 2 saturated heterocycles. The van der Waals surface area contributed by atoms with E-state index < -0.39 is 30.8 Å². The third-order valence-electron chi connectivity index (χ3n) is 3.90. The highest BCUT2D eigenvalue weighted by Crippen LogP contribution is 2.26. The maximum absolute atomic E-state index is 13.1. The lowest BCUT2D eigenvalue weighted by Gasteiger charge is -2.17. The number of hydrogen-bond acceptors (Lipinski definition) is 4. The smallest absolute Gasteiger partial charge is 0.262 e. The number of halogens is 2. The van der Waals surface area contributed by atoms with Gasteiger partial charge in [-0.1, -0.05) is 0 Å². The predicted molar refractivity (Wildman–Crippen MR) is 75.7 cm³/mol. The van der Waals surface area contributed by atoms with Gasteiger partial charge in [0.15, 0.2) is 0 Å². The quantitative estimate of drug-likeness (QED) is 0.890. The zero-order valence-corrected chi connectivity index (χ0v) is 11.6. The molecule has 0 aliphatic carbocycles. The average Bonchev–Trinajstić information content (AvgIpc) is 3.09. The van der Waals surface area contributed by atoms with Crippen molar-refractivity contribution in [3.05, 3.63) is 18.3 Å². The topological polar surface area (TPSA) is 57.3 Å². The first-order valence-corrected chi connectivity index (χ1v) is 7.17. The van der Waals surface area contributed by atoms with Crippen molar-refractivity contribution in [2.45, 2.75) is 31.2 Å². The first-order chi connectivity index (χ1) is 10.0. The van der Waals surface area contributed by atoms with Crippen LogP contribution in [-0.2, 0) is 4.79 Å². The van der Waals surface area contributed by atoms with Gasteiger partial charge in [-0.2, -0.15) is 0 Å². The Bertz CT molecular complexity index is 514. The summed E-state index contributed by atoms with van der Waals surface area (Å²) in [6.45, 7) is 1.59. The maximum Gasteiger partial charge on any atom is 0.262 e. The van der Waals surface area contributed by atoms with Gasteiger partial charge in [0.1, 0.15) is 5.82 Å². The number of anilines is 2. The number of pyridine rings is 1. The minimum atomic E-state index is -2.81. The highest BCUT2D eigenvalue weighted by molar-refractivity contribution is 5.94. The van der Waals surface area contributed by atoms with Crippen molar-refractivity contribution in [2.75, 3.05) is 29.9 Å². The molecule has 0 saturated carbocycles. The van der Waals surface area contributed by atoms with Crippen LogP contribution in [0.25, 0.3) is 0 Å². The van der Waals surface area contributed by atoms with Gasteiger partial charge in [-0.3, -0.25) is 10.1 Å². The molecule has 3 heterocycles. The van der Waals surface area contributed by atoms with Gasteiger partial charge in [0.2, 0.25) is 5.91 Å². The molecule has 1 atom stereocenters. The molecule has 0 aromatic carbocycles. The van der Waals surface area contributed by atoms with Crippen LogP contribution >= 0.6 is 0 Å². The first-order valence-electron chi connectivity index (χ1n) is 7.17. The molecule has 2 N–H and O–H groups in total. The summed E-state index contributed by atoms with van der Waals surface area (Å²) in [6.07, 6.45) is 3.60.